The van der Waals surface area contributed by atoms with E-state index in [4.69, 9.17) is 16.3 Å². The van der Waals surface area contributed by atoms with Gasteiger partial charge in [0.25, 0.3) is 0 Å². The van der Waals surface area contributed by atoms with Gasteiger partial charge in [-0.3, -0.25) is 4.79 Å². The van der Waals surface area contributed by atoms with Crippen LogP contribution < -0.4 is 10.1 Å². The van der Waals surface area contributed by atoms with Crippen LogP contribution in [0.25, 0.3) is 0 Å². The number of ether oxygens (including phenoxy) is 1. The number of nitrogens with zero attached hydrogens (tertiary/aromatic N) is 1. The quantitative estimate of drug-likeness (QED) is 0.676. The highest BCUT2D eigenvalue weighted by molar-refractivity contribution is 7.89. The molecule has 1 saturated heterocycles. The van der Waals surface area contributed by atoms with E-state index in [0.717, 1.165) is 5.56 Å². The zero-order valence-corrected chi connectivity index (χ0v) is 17.9. The lowest BCUT2D eigenvalue weighted by molar-refractivity contribution is -0.126. The first-order valence-electron chi connectivity index (χ1n) is 9.60. The number of halogens is 1. The molecule has 0 unspecified atom stereocenters. The van der Waals surface area contributed by atoms with E-state index in [1.807, 2.05) is 19.1 Å². The standard InChI is InChI=1S/C21H25ClN2O4S/c1-16-6-8-18(9-7-16)29(26,27)24-13-10-17(11-14-24)21(25)23-12-15-28-20-5-3-2-4-19(20)22/h2-9,17H,10-15H2,1H3,(H,23,25). The molecule has 0 bridgehead atoms. The van der Waals surface area contributed by atoms with E-state index in [9.17, 15) is 13.2 Å². The van der Waals surface area contributed by atoms with Crippen molar-refractivity contribution in [3.8, 4) is 5.75 Å². The van der Waals surface area contributed by atoms with Gasteiger partial charge < -0.3 is 10.1 Å². The summed E-state index contributed by atoms with van der Waals surface area (Å²) >= 11 is 6.02. The predicted molar refractivity (Wildman–Crippen MR) is 113 cm³/mol. The summed E-state index contributed by atoms with van der Waals surface area (Å²) in [6.45, 7) is 3.27. The zero-order valence-electron chi connectivity index (χ0n) is 16.3. The van der Waals surface area contributed by atoms with Crippen molar-refractivity contribution in [3.63, 3.8) is 0 Å². The molecule has 156 valence electrons. The highest BCUT2D eigenvalue weighted by atomic mass is 35.5. The molecule has 3 rings (SSSR count). The maximum atomic E-state index is 12.7. The van der Waals surface area contributed by atoms with Gasteiger partial charge in [-0.25, -0.2) is 8.42 Å². The molecule has 8 heteroatoms. The Morgan fingerprint density at radius 1 is 1.14 bits per heavy atom. The summed E-state index contributed by atoms with van der Waals surface area (Å²) in [5.41, 5.74) is 1.01. The molecule has 1 amide bonds. The van der Waals surface area contributed by atoms with Crippen molar-refractivity contribution in [2.24, 2.45) is 5.92 Å². The molecule has 1 heterocycles. The molecule has 0 radical (unpaired) electrons. The van der Waals surface area contributed by atoms with E-state index >= 15 is 0 Å². The maximum Gasteiger partial charge on any atom is 0.243 e. The fourth-order valence-corrected chi connectivity index (χ4v) is 4.92. The second-order valence-electron chi connectivity index (χ2n) is 7.06. The molecule has 0 saturated carbocycles. The molecule has 2 aromatic carbocycles. The Balaban J connectivity index is 1.44. The van der Waals surface area contributed by atoms with Crippen LogP contribution in [-0.4, -0.2) is 44.9 Å². The van der Waals surface area contributed by atoms with Crippen LogP contribution in [-0.2, 0) is 14.8 Å². The smallest absolute Gasteiger partial charge is 0.243 e. The van der Waals surface area contributed by atoms with Crippen LogP contribution in [0.3, 0.4) is 0 Å². The third-order valence-electron chi connectivity index (χ3n) is 4.98. The predicted octanol–water partition coefficient (Wildman–Crippen LogP) is 3.24. The van der Waals surface area contributed by atoms with Crippen molar-refractivity contribution in [1.29, 1.82) is 0 Å². The Kier molecular flexibility index (Phi) is 7.16. The first kappa shape index (κ1) is 21.6. The van der Waals surface area contributed by atoms with Crippen molar-refractivity contribution in [2.45, 2.75) is 24.7 Å². The van der Waals surface area contributed by atoms with Crippen molar-refractivity contribution in [3.05, 3.63) is 59.1 Å². The monoisotopic (exact) mass is 436 g/mol. The van der Waals surface area contributed by atoms with Crippen molar-refractivity contribution in [1.82, 2.24) is 9.62 Å². The minimum absolute atomic E-state index is 0.0693. The second-order valence-corrected chi connectivity index (χ2v) is 9.41. The zero-order chi connectivity index (χ0) is 20.9. The molecular formula is C21H25ClN2O4S. The van der Waals surface area contributed by atoms with Crippen LogP contribution in [0.1, 0.15) is 18.4 Å². The molecule has 6 nitrogen and oxygen atoms in total. The van der Waals surface area contributed by atoms with E-state index in [-0.39, 0.29) is 11.8 Å². The number of para-hydroxylation sites is 1. The summed E-state index contributed by atoms with van der Waals surface area (Å²) in [7, 11) is -3.51. The number of amides is 1. The minimum Gasteiger partial charge on any atom is -0.490 e. The molecule has 2 aromatic rings. The second kappa shape index (κ2) is 9.61. The van der Waals surface area contributed by atoms with Gasteiger partial charge in [-0.05, 0) is 44.0 Å². The van der Waals surface area contributed by atoms with Gasteiger partial charge in [-0.2, -0.15) is 4.31 Å². The molecule has 0 aliphatic carbocycles. The largest absolute Gasteiger partial charge is 0.490 e. The van der Waals surface area contributed by atoms with Crippen LogP contribution in [0.2, 0.25) is 5.02 Å². The fraction of sp³-hybridized carbons (Fsp3) is 0.381. The summed E-state index contributed by atoms with van der Waals surface area (Å²) in [5, 5.41) is 3.39. The molecule has 1 fully saturated rings. The lowest BCUT2D eigenvalue weighted by Crippen LogP contribution is -2.43. The van der Waals surface area contributed by atoms with Crippen molar-refractivity contribution in [2.75, 3.05) is 26.2 Å². The number of piperidine rings is 1. The number of aryl methyl sites for hydroxylation is 1. The summed E-state index contributed by atoms with van der Waals surface area (Å²) < 4.78 is 32.5. The SMILES string of the molecule is Cc1ccc(S(=O)(=O)N2CCC(C(=O)NCCOc3ccccc3Cl)CC2)cc1. The van der Waals surface area contributed by atoms with E-state index in [1.54, 1.807) is 36.4 Å². The van der Waals surface area contributed by atoms with Crippen LogP contribution in [0.5, 0.6) is 5.75 Å². The van der Waals surface area contributed by atoms with Gasteiger partial charge in [0, 0.05) is 19.0 Å². The normalized spacial score (nSPS) is 15.8. The lowest BCUT2D eigenvalue weighted by atomic mass is 9.97. The summed E-state index contributed by atoms with van der Waals surface area (Å²) in [6, 6.07) is 14.0. The molecule has 0 atom stereocenters. The van der Waals surface area contributed by atoms with Gasteiger partial charge in [0.2, 0.25) is 15.9 Å². The first-order chi connectivity index (χ1) is 13.9. The Hall–Kier alpha value is -2.09. The van der Waals surface area contributed by atoms with Gasteiger partial charge in [0.1, 0.15) is 12.4 Å². The van der Waals surface area contributed by atoms with Gasteiger partial charge in [-0.1, -0.05) is 41.4 Å². The molecule has 1 N–H and O–H groups in total. The van der Waals surface area contributed by atoms with Crippen molar-refractivity contribution < 1.29 is 17.9 Å². The molecular weight excluding hydrogens is 412 g/mol. The van der Waals surface area contributed by atoms with E-state index in [0.29, 0.717) is 54.8 Å². The van der Waals surface area contributed by atoms with E-state index < -0.39 is 10.0 Å². The van der Waals surface area contributed by atoms with Gasteiger partial charge in [-0.15, -0.1) is 0 Å². The van der Waals surface area contributed by atoms with Crippen molar-refractivity contribution >= 4 is 27.5 Å². The van der Waals surface area contributed by atoms with Crippen LogP contribution in [0, 0.1) is 12.8 Å². The summed E-state index contributed by atoms with van der Waals surface area (Å²) in [5.74, 6) is 0.318. The number of carbonyl (C=O) groups is 1. The van der Waals surface area contributed by atoms with Crippen LogP contribution >= 0.6 is 11.6 Å². The Labute approximate surface area is 176 Å². The topological polar surface area (TPSA) is 75.7 Å². The van der Waals surface area contributed by atoms with Crippen LogP contribution in [0.4, 0.5) is 0 Å². The third-order valence-corrected chi connectivity index (χ3v) is 7.20. The summed E-state index contributed by atoms with van der Waals surface area (Å²) in [4.78, 5) is 12.7. The Morgan fingerprint density at radius 3 is 2.45 bits per heavy atom. The summed E-state index contributed by atoms with van der Waals surface area (Å²) in [6.07, 6.45) is 1.00. The minimum atomic E-state index is -3.51. The average Bonchev–Trinajstić information content (AvgIpc) is 2.72. The molecule has 1 aliphatic rings. The molecule has 0 spiro atoms. The van der Waals surface area contributed by atoms with Crippen LogP contribution in [0.15, 0.2) is 53.4 Å². The highest BCUT2D eigenvalue weighted by Crippen LogP contribution is 2.25. The molecule has 29 heavy (non-hydrogen) atoms. The molecule has 1 aliphatic heterocycles. The number of sulfonamides is 1. The highest BCUT2D eigenvalue weighted by Gasteiger charge is 2.31. The maximum absolute atomic E-state index is 12.7. The number of rotatable bonds is 7. The number of nitrogens with one attached hydrogen (secondary N) is 1. The van der Waals surface area contributed by atoms with E-state index in [2.05, 4.69) is 5.32 Å². The number of hydrogen-bond acceptors (Lipinski definition) is 4. The number of hydrogen-bond donors (Lipinski definition) is 1. The third kappa shape index (κ3) is 5.50. The van der Waals surface area contributed by atoms with E-state index in [1.165, 1.54) is 4.31 Å². The fourth-order valence-electron chi connectivity index (χ4n) is 3.26. The molecule has 0 aromatic heterocycles. The first-order valence-corrected chi connectivity index (χ1v) is 11.4. The number of benzene rings is 2. The van der Waals surface area contributed by atoms with Gasteiger partial charge >= 0.3 is 0 Å². The lowest BCUT2D eigenvalue weighted by Gasteiger charge is -2.30. The van der Waals surface area contributed by atoms with Gasteiger partial charge in [0.05, 0.1) is 16.5 Å². The van der Waals surface area contributed by atoms with Gasteiger partial charge in [0.15, 0.2) is 0 Å². The number of carbonyl (C=O) groups excluding carboxylic acids is 1. The Bertz CT molecular complexity index is 939. The average molecular weight is 437 g/mol. The Morgan fingerprint density at radius 2 is 1.79 bits per heavy atom.